The molecule has 0 saturated carbocycles. The first-order chi connectivity index (χ1) is 7.84. The summed E-state index contributed by atoms with van der Waals surface area (Å²) in [7, 11) is 0. The third kappa shape index (κ3) is 2.84. The van der Waals surface area contributed by atoms with E-state index in [-0.39, 0.29) is 0 Å². The summed E-state index contributed by atoms with van der Waals surface area (Å²) in [4.78, 5) is 11.3. The number of carbonyl (C=O) groups is 1. The summed E-state index contributed by atoms with van der Waals surface area (Å²) < 4.78 is 4.93. The molecule has 0 bridgehead atoms. The Morgan fingerprint density at radius 1 is 1.38 bits per heavy atom. The molecule has 1 heterocycles. The fraction of sp³-hybridized carbons (Fsp3) is 0.0909. The van der Waals surface area contributed by atoms with Crippen molar-refractivity contribution in [1.29, 1.82) is 0 Å². The van der Waals surface area contributed by atoms with E-state index < -0.39 is 6.09 Å². The van der Waals surface area contributed by atoms with Crippen LogP contribution in [0.2, 0.25) is 0 Å². The van der Waals surface area contributed by atoms with Crippen LogP contribution in [0.5, 0.6) is 5.75 Å². The number of hydrogen-bond acceptors (Lipinski definition) is 3. The number of nitrogens with one attached hydrogen (secondary N) is 2. The standard InChI is InChI=1S/C11H11N3O2/c15-11(16-10-7-13-14-8-10)12-6-9-4-2-1-3-5-9/h1-5,7-8H,6H2,(H,12,15)(H,13,14). The molecule has 2 N–H and O–H groups in total. The highest BCUT2D eigenvalue weighted by atomic mass is 16.6. The van der Waals surface area contributed by atoms with E-state index >= 15 is 0 Å². The molecule has 82 valence electrons. The molecule has 1 aromatic heterocycles. The van der Waals surface area contributed by atoms with E-state index in [9.17, 15) is 4.79 Å². The van der Waals surface area contributed by atoms with Gasteiger partial charge in [-0.1, -0.05) is 30.3 Å². The van der Waals surface area contributed by atoms with Crippen LogP contribution < -0.4 is 10.1 Å². The largest absolute Gasteiger partial charge is 0.412 e. The van der Waals surface area contributed by atoms with E-state index in [2.05, 4.69) is 15.5 Å². The molecule has 0 aliphatic carbocycles. The van der Waals surface area contributed by atoms with Crippen LogP contribution in [0.25, 0.3) is 0 Å². The van der Waals surface area contributed by atoms with Gasteiger partial charge in [0.1, 0.15) is 0 Å². The fourth-order valence-electron chi connectivity index (χ4n) is 1.21. The SMILES string of the molecule is O=C(NCc1ccccc1)Oc1cn[nH]c1. The van der Waals surface area contributed by atoms with E-state index in [4.69, 9.17) is 4.74 Å². The Bertz CT molecular complexity index is 440. The molecular formula is C11H11N3O2. The number of rotatable bonds is 3. The van der Waals surface area contributed by atoms with Crippen molar-refractivity contribution in [1.82, 2.24) is 15.5 Å². The molecule has 0 aliphatic heterocycles. The van der Waals surface area contributed by atoms with Crippen LogP contribution in [-0.2, 0) is 6.54 Å². The second kappa shape index (κ2) is 4.97. The van der Waals surface area contributed by atoms with Gasteiger partial charge in [-0.25, -0.2) is 4.79 Å². The number of benzene rings is 1. The third-order valence-electron chi connectivity index (χ3n) is 1.96. The van der Waals surface area contributed by atoms with Crippen molar-refractivity contribution >= 4 is 6.09 Å². The zero-order chi connectivity index (χ0) is 11.2. The average Bonchev–Trinajstić information content (AvgIpc) is 2.81. The van der Waals surface area contributed by atoms with Gasteiger partial charge in [-0.2, -0.15) is 5.10 Å². The van der Waals surface area contributed by atoms with Gasteiger partial charge in [0.25, 0.3) is 0 Å². The van der Waals surface area contributed by atoms with Gasteiger partial charge in [-0.15, -0.1) is 0 Å². The average molecular weight is 217 g/mol. The number of aromatic amines is 1. The first kappa shape index (κ1) is 10.2. The smallest absolute Gasteiger partial charge is 0.407 e. The molecule has 0 spiro atoms. The minimum Gasteiger partial charge on any atom is -0.407 e. The van der Waals surface area contributed by atoms with Crippen molar-refractivity contribution in [2.24, 2.45) is 0 Å². The Hall–Kier alpha value is -2.30. The molecular weight excluding hydrogens is 206 g/mol. The van der Waals surface area contributed by atoms with Crippen molar-refractivity contribution in [3.05, 3.63) is 48.3 Å². The van der Waals surface area contributed by atoms with Gasteiger partial charge in [0.2, 0.25) is 0 Å². The third-order valence-corrected chi connectivity index (χ3v) is 1.96. The molecule has 0 fully saturated rings. The number of carbonyl (C=O) groups excluding carboxylic acids is 1. The Labute approximate surface area is 92.4 Å². The molecule has 16 heavy (non-hydrogen) atoms. The highest BCUT2D eigenvalue weighted by molar-refractivity contribution is 5.70. The van der Waals surface area contributed by atoms with Crippen LogP contribution in [0.1, 0.15) is 5.56 Å². The lowest BCUT2D eigenvalue weighted by Crippen LogP contribution is -2.26. The van der Waals surface area contributed by atoms with Gasteiger partial charge in [0, 0.05) is 6.54 Å². The second-order valence-corrected chi connectivity index (χ2v) is 3.16. The quantitative estimate of drug-likeness (QED) is 0.822. The maximum Gasteiger partial charge on any atom is 0.412 e. The topological polar surface area (TPSA) is 67.0 Å². The first-order valence-corrected chi connectivity index (χ1v) is 4.83. The van der Waals surface area contributed by atoms with Gasteiger partial charge in [-0.05, 0) is 5.56 Å². The van der Waals surface area contributed by atoms with Crippen LogP contribution in [-0.4, -0.2) is 16.3 Å². The zero-order valence-electron chi connectivity index (χ0n) is 8.51. The molecule has 1 aromatic carbocycles. The van der Waals surface area contributed by atoms with Crippen molar-refractivity contribution in [2.45, 2.75) is 6.54 Å². The van der Waals surface area contributed by atoms with Crippen molar-refractivity contribution in [3.8, 4) is 5.75 Å². The second-order valence-electron chi connectivity index (χ2n) is 3.16. The highest BCUT2D eigenvalue weighted by Gasteiger charge is 2.03. The molecule has 5 nitrogen and oxygen atoms in total. The van der Waals surface area contributed by atoms with E-state index in [0.717, 1.165) is 5.56 Å². The van der Waals surface area contributed by atoms with E-state index in [1.807, 2.05) is 30.3 Å². The summed E-state index contributed by atoms with van der Waals surface area (Å²) in [6.07, 6.45) is 2.44. The van der Waals surface area contributed by atoms with Gasteiger partial charge in [0.05, 0.1) is 12.4 Å². The van der Waals surface area contributed by atoms with Crippen LogP contribution >= 0.6 is 0 Å². The van der Waals surface area contributed by atoms with E-state index in [1.165, 1.54) is 12.4 Å². The van der Waals surface area contributed by atoms with Gasteiger partial charge in [-0.3, -0.25) is 5.10 Å². The Morgan fingerprint density at radius 2 is 2.19 bits per heavy atom. The predicted molar refractivity (Wildman–Crippen MR) is 57.9 cm³/mol. The predicted octanol–water partition coefficient (Wildman–Crippen LogP) is 1.70. The van der Waals surface area contributed by atoms with Crippen LogP contribution in [0.3, 0.4) is 0 Å². The monoisotopic (exact) mass is 217 g/mol. The highest BCUT2D eigenvalue weighted by Crippen LogP contribution is 2.05. The number of amides is 1. The van der Waals surface area contributed by atoms with Crippen LogP contribution in [0.15, 0.2) is 42.7 Å². The molecule has 0 radical (unpaired) electrons. The van der Waals surface area contributed by atoms with Gasteiger partial charge in [0.15, 0.2) is 5.75 Å². The lowest BCUT2D eigenvalue weighted by molar-refractivity contribution is 0.200. The Balaban J connectivity index is 1.80. The van der Waals surface area contributed by atoms with Gasteiger partial charge < -0.3 is 10.1 Å². The zero-order valence-corrected chi connectivity index (χ0v) is 8.51. The fourth-order valence-corrected chi connectivity index (χ4v) is 1.21. The summed E-state index contributed by atoms with van der Waals surface area (Å²) >= 11 is 0. The Morgan fingerprint density at radius 3 is 2.88 bits per heavy atom. The summed E-state index contributed by atoms with van der Waals surface area (Å²) in [5, 5.41) is 8.85. The maximum absolute atomic E-state index is 11.3. The lowest BCUT2D eigenvalue weighted by Gasteiger charge is -2.04. The van der Waals surface area contributed by atoms with Crippen LogP contribution in [0.4, 0.5) is 4.79 Å². The van der Waals surface area contributed by atoms with Gasteiger partial charge >= 0.3 is 6.09 Å². The number of H-pyrrole nitrogens is 1. The molecule has 0 aliphatic rings. The number of nitrogens with zero attached hydrogens (tertiary/aromatic N) is 1. The molecule has 0 unspecified atom stereocenters. The molecule has 1 amide bonds. The normalized spacial score (nSPS) is 9.75. The van der Waals surface area contributed by atoms with Crippen molar-refractivity contribution < 1.29 is 9.53 Å². The van der Waals surface area contributed by atoms with Crippen molar-refractivity contribution in [3.63, 3.8) is 0 Å². The molecule has 5 heteroatoms. The molecule has 2 aromatic rings. The molecule has 0 saturated heterocycles. The number of ether oxygens (including phenoxy) is 1. The molecule has 0 atom stereocenters. The lowest BCUT2D eigenvalue weighted by atomic mass is 10.2. The molecule has 2 rings (SSSR count). The summed E-state index contributed by atoms with van der Waals surface area (Å²) in [5.41, 5.74) is 1.02. The summed E-state index contributed by atoms with van der Waals surface area (Å²) in [5.74, 6) is 0.394. The number of aromatic nitrogens is 2. The first-order valence-electron chi connectivity index (χ1n) is 4.83. The number of hydrogen-bond donors (Lipinski definition) is 2. The van der Waals surface area contributed by atoms with E-state index in [0.29, 0.717) is 12.3 Å². The van der Waals surface area contributed by atoms with E-state index in [1.54, 1.807) is 0 Å². The maximum atomic E-state index is 11.3. The summed E-state index contributed by atoms with van der Waals surface area (Å²) in [6, 6.07) is 9.61. The minimum absolute atomic E-state index is 0.394. The Kier molecular flexibility index (Phi) is 3.18. The van der Waals surface area contributed by atoms with Crippen LogP contribution in [0, 0.1) is 0 Å². The summed E-state index contributed by atoms with van der Waals surface area (Å²) in [6.45, 7) is 0.442. The minimum atomic E-state index is -0.495. The van der Waals surface area contributed by atoms with Crippen molar-refractivity contribution in [2.75, 3.05) is 0 Å².